The van der Waals surface area contributed by atoms with Crippen LogP contribution in [0.4, 0.5) is 5.69 Å². The van der Waals surface area contributed by atoms with Gasteiger partial charge in [-0.25, -0.2) is 0 Å². The lowest BCUT2D eigenvalue weighted by molar-refractivity contribution is 0.0743. The number of carbonyl (C=O) groups is 1. The molecule has 1 aromatic rings. The van der Waals surface area contributed by atoms with E-state index in [1.807, 2.05) is 15.7 Å². The van der Waals surface area contributed by atoms with Gasteiger partial charge in [-0.05, 0) is 32.8 Å². The van der Waals surface area contributed by atoms with E-state index in [2.05, 4.69) is 27.7 Å². The molecule has 1 amide bonds. The van der Waals surface area contributed by atoms with Crippen LogP contribution < -0.4 is 5.73 Å². The Hall–Kier alpha value is -1.45. The number of hydrogen-bond acceptors (Lipinski definition) is 2. The smallest absolute Gasteiger partial charge is 0.270 e. The number of anilines is 1. The molecule has 0 unspecified atom stereocenters. The lowest BCUT2D eigenvalue weighted by atomic mass is 10.2. The zero-order chi connectivity index (χ0) is 13.7. The highest BCUT2D eigenvalue weighted by molar-refractivity contribution is 5.93. The summed E-state index contributed by atoms with van der Waals surface area (Å²) >= 11 is 0. The van der Waals surface area contributed by atoms with E-state index in [0.717, 1.165) is 25.9 Å². The molecule has 0 spiro atoms. The fraction of sp³-hybridized carbons (Fsp3) is 0.643. The van der Waals surface area contributed by atoms with Gasteiger partial charge in [0.25, 0.3) is 5.91 Å². The monoisotopic (exact) mass is 251 g/mol. The number of rotatable bonds is 6. The van der Waals surface area contributed by atoms with Crippen molar-refractivity contribution in [1.29, 1.82) is 0 Å². The zero-order valence-corrected chi connectivity index (χ0v) is 11.9. The van der Waals surface area contributed by atoms with Crippen molar-refractivity contribution < 1.29 is 4.79 Å². The maximum absolute atomic E-state index is 12.5. The number of nitrogens with two attached hydrogens (primary N) is 1. The molecule has 0 aliphatic rings. The molecule has 0 fully saturated rings. The summed E-state index contributed by atoms with van der Waals surface area (Å²) < 4.78 is 1.95. The molecule has 102 valence electrons. The molecule has 1 aromatic heterocycles. The van der Waals surface area contributed by atoms with Gasteiger partial charge in [0.15, 0.2) is 0 Å². The standard InChI is InChI=1S/C14H25N3O/c1-5-7-16(8-6-2)14(18)13-9-12(15)10-17(13)11(3)4/h9-11H,5-8,15H2,1-4H3. The van der Waals surface area contributed by atoms with Gasteiger partial charge < -0.3 is 15.2 Å². The highest BCUT2D eigenvalue weighted by atomic mass is 16.2. The Bertz CT molecular complexity index is 390. The van der Waals surface area contributed by atoms with Crippen molar-refractivity contribution in [3.8, 4) is 0 Å². The van der Waals surface area contributed by atoms with Crippen LogP contribution in [0.1, 0.15) is 57.1 Å². The van der Waals surface area contributed by atoms with Crippen LogP contribution in [-0.4, -0.2) is 28.5 Å². The topological polar surface area (TPSA) is 51.3 Å². The third-order valence-electron chi connectivity index (χ3n) is 2.92. The molecule has 0 atom stereocenters. The molecule has 1 rings (SSSR count). The zero-order valence-electron chi connectivity index (χ0n) is 11.9. The number of aromatic nitrogens is 1. The largest absolute Gasteiger partial charge is 0.397 e. The molecule has 0 saturated heterocycles. The average molecular weight is 251 g/mol. The summed E-state index contributed by atoms with van der Waals surface area (Å²) in [4.78, 5) is 14.4. The molecule has 4 nitrogen and oxygen atoms in total. The van der Waals surface area contributed by atoms with Crippen molar-refractivity contribution in [3.05, 3.63) is 18.0 Å². The van der Waals surface area contributed by atoms with Crippen molar-refractivity contribution in [1.82, 2.24) is 9.47 Å². The lowest BCUT2D eigenvalue weighted by Crippen LogP contribution is -2.34. The number of amides is 1. The first-order chi connectivity index (χ1) is 8.51. The van der Waals surface area contributed by atoms with Gasteiger partial charge in [-0.1, -0.05) is 13.8 Å². The van der Waals surface area contributed by atoms with Gasteiger partial charge in [0, 0.05) is 25.3 Å². The third-order valence-corrected chi connectivity index (χ3v) is 2.92. The van der Waals surface area contributed by atoms with Gasteiger partial charge in [0.2, 0.25) is 0 Å². The number of nitrogen functional groups attached to an aromatic ring is 1. The summed E-state index contributed by atoms with van der Waals surface area (Å²) in [6, 6.07) is 2.02. The highest BCUT2D eigenvalue weighted by Gasteiger charge is 2.19. The van der Waals surface area contributed by atoms with Crippen LogP contribution in [0.2, 0.25) is 0 Å². The van der Waals surface area contributed by atoms with E-state index in [1.54, 1.807) is 6.07 Å². The third kappa shape index (κ3) is 3.28. The van der Waals surface area contributed by atoms with Crippen LogP contribution in [0.25, 0.3) is 0 Å². The van der Waals surface area contributed by atoms with Crippen LogP contribution in [0.3, 0.4) is 0 Å². The molecule has 0 aromatic carbocycles. The quantitative estimate of drug-likeness (QED) is 0.845. The maximum Gasteiger partial charge on any atom is 0.270 e. The Labute approximate surface area is 110 Å². The second-order valence-electron chi connectivity index (χ2n) is 4.95. The molecule has 0 bridgehead atoms. The van der Waals surface area contributed by atoms with Gasteiger partial charge >= 0.3 is 0 Å². The van der Waals surface area contributed by atoms with E-state index in [4.69, 9.17) is 5.73 Å². The number of hydrogen-bond donors (Lipinski definition) is 1. The molecule has 0 aliphatic heterocycles. The minimum Gasteiger partial charge on any atom is -0.397 e. The van der Waals surface area contributed by atoms with E-state index >= 15 is 0 Å². The molecular formula is C14H25N3O. The summed E-state index contributed by atoms with van der Waals surface area (Å²) in [5.74, 6) is 0.0871. The minimum atomic E-state index is 0.0871. The molecule has 0 saturated carbocycles. The first-order valence-electron chi connectivity index (χ1n) is 6.77. The van der Waals surface area contributed by atoms with E-state index < -0.39 is 0 Å². The number of nitrogens with zero attached hydrogens (tertiary/aromatic N) is 2. The fourth-order valence-corrected chi connectivity index (χ4v) is 2.12. The van der Waals surface area contributed by atoms with Crippen LogP contribution in [0.5, 0.6) is 0 Å². The minimum absolute atomic E-state index is 0.0871. The molecular weight excluding hydrogens is 226 g/mol. The summed E-state index contributed by atoms with van der Waals surface area (Å²) in [5.41, 5.74) is 7.16. The maximum atomic E-state index is 12.5. The molecule has 4 heteroatoms. The summed E-state index contributed by atoms with van der Waals surface area (Å²) in [5, 5.41) is 0. The predicted molar refractivity (Wildman–Crippen MR) is 75.7 cm³/mol. The molecule has 1 heterocycles. The van der Waals surface area contributed by atoms with Crippen molar-refractivity contribution >= 4 is 11.6 Å². The van der Waals surface area contributed by atoms with Crippen LogP contribution in [-0.2, 0) is 0 Å². The normalized spacial score (nSPS) is 10.9. The predicted octanol–water partition coefficient (Wildman–Crippen LogP) is 2.91. The van der Waals surface area contributed by atoms with E-state index in [0.29, 0.717) is 11.4 Å². The highest BCUT2D eigenvalue weighted by Crippen LogP contribution is 2.18. The number of carbonyl (C=O) groups excluding carboxylic acids is 1. The Balaban J connectivity index is 3.00. The van der Waals surface area contributed by atoms with E-state index in [-0.39, 0.29) is 11.9 Å². The first-order valence-corrected chi connectivity index (χ1v) is 6.77. The van der Waals surface area contributed by atoms with Crippen LogP contribution in [0, 0.1) is 0 Å². The first kappa shape index (κ1) is 14.6. The Kier molecular flexibility index (Phi) is 5.25. The Morgan fingerprint density at radius 3 is 2.33 bits per heavy atom. The second kappa shape index (κ2) is 6.47. The van der Waals surface area contributed by atoms with Crippen LogP contribution >= 0.6 is 0 Å². The SMILES string of the molecule is CCCN(CCC)C(=O)c1cc(N)cn1C(C)C. The van der Waals surface area contributed by atoms with Gasteiger partial charge in [0.1, 0.15) is 5.69 Å². The van der Waals surface area contributed by atoms with Gasteiger partial charge in [-0.3, -0.25) is 4.79 Å². The fourth-order valence-electron chi connectivity index (χ4n) is 2.12. The van der Waals surface area contributed by atoms with Gasteiger partial charge in [-0.15, -0.1) is 0 Å². The van der Waals surface area contributed by atoms with E-state index in [9.17, 15) is 4.79 Å². The van der Waals surface area contributed by atoms with Gasteiger partial charge in [0.05, 0.1) is 5.69 Å². The Morgan fingerprint density at radius 2 is 1.89 bits per heavy atom. The van der Waals surface area contributed by atoms with Crippen molar-refractivity contribution in [3.63, 3.8) is 0 Å². The van der Waals surface area contributed by atoms with Crippen LogP contribution in [0.15, 0.2) is 12.3 Å². The second-order valence-corrected chi connectivity index (χ2v) is 4.95. The summed E-state index contributed by atoms with van der Waals surface area (Å²) in [7, 11) is 0. The van der Waals surface area contributed by atoms with E-state index in [1.165, 1.54) is 0 Å². The average Bonchev–Trinajstić information content (AvgIpc) is 2.70. The molecule has 18 heavy (non-hydrogen) atoms. The summed E-state index contributed by atoms with van der Waals surface area (Å²) in [6.07, 6.45) is 3.79. The van der Waals surface area contributed by atoms with Crippen molar-refractivity contribution in [2.45, 2.75) is 46.6 Å². The molecule has 0 radical (unpaired) electrons. The lowest BCUT2D eigenvalue weighted by Gasteiger charge is -2.23. The van der Waals surface area contributed by atoms with Gasteiger partial charge in [-0.2, -0.15) is 0 Å². The molecule has 2 N–H and O–H groups in total. The molecule has 0 aliphatic carbocycles. The van der Waals surface area contributed by atoms with Crippen molar-refractivity contribution in [2.24, 2.45) is 0 Å². The Morgan fingerprint density at radius 1 is 1.33 bits per heavy atom. The van der Waals surface area contributed by atoms with Crippen molar-refractivity contribution in [2.75, 3.05) is 18.8 Å². The summed E-state index contributed by atoms with van der Waals surface area (Å²) in [6.45, 7) is 9.89.